The number of halogens is 1. The third-order valence-corrected chi connectivity index (χ3v) is 8.14. The fourth-order valence-corrected chi connectivity index (χ4v) is 6.28. The van der Waals surface area contributed by atoms with Crippen LogP contribution in [0, 0.1) is 11.8 Å². The first kappa shape index (κ1) is 30.3. The Morgan fingerprint density at radius 3 is 2.28 bits per heavy atom. The number of amides is 1. The van der Waals surface area contributed by atoms with Crippen LogP contribution in [-0.4, -0.2) is 61.7 Å². The Labute approximate surface area is 223 Å². The average molecular weight is 558 g/mol. The number of carbonyl (C=O) groups is 4. The van der Waals surface area contributed by atoms with Crippen molar-refractivity contribution in [3.63, 3.8) is 0 Å². The van der Waals surface area contributed by atoms with Gasteiger partial charge in [0.15, 0.2) is 13.4 Å². The molecule has 0 spiro atoms. The van der Waals surface area contributed by atoms with Gasteiger partial charge in [0.2, 0.25) is 12.7 Å². The maximum absolute atomic E-state index is 13.1. The van der Waals surface area contributed by atoms with E-state index in [2.05, 4.69) is 0 Å². The first-order valence-corrected chi connectivity index (χ1v) is 16.7. The van der Waals surface area contributed by atoms with Gasteiger partial charge in [-0.15, -0.1) is 0 Å². The number of ether oxygens (including phenoxy) is 2. The number of hydrogen-bond acceptors (Lipinski definition) is 8. The number of thioether (sulfide) groups is 1. The van der Waals surface area contributed by atoms with Crippen LogP contribution in [0.1, 0.15) is 40.0 Å². The fraction of sp³-hybridized carbons (Fsp3) is 0.600. The summed E-state index contributed by atoms with van der Waals surface area (Å²) in [6, 6.07) is 6.40. The Balaban J connectivity index is 2.08. The summed E-state index contributed by atoms with van der Waals surface area (Å²) in [6.07, 6.45) is 1.39. The molecule has 11 heteroatoms. The van der Waals surface area contributed by atoms with E-state index in [-0.39, 0.29) is 24.0 Å². The molecular weight excluding hydrogens is 522 g/mol. The maximum Gasteiger partial charge on any atom is 0.328 e. The Kier molecular flexibility index (Phi) is 11.5. The molecule has 1 aromatic carbocycles. The summed E-state index contributed by atoms with van der Waals surface area (Å²) in [7, 11) is -1.96. The van der Waals surface area contributed by atoms with Gasteiger partial charge in [-0.3, -0.25) is 19.2 Å². The van der Waals surface area contributed by atoms with E-state index in [1.165, 1.54) is 4.90 Å². The number of nitrogens with zero attached hydrogens (tertiary/aromatic N) is 1. The molecule has 1 saturated heterocycles. The predicted octanol–water partition coefficient (Wildman–Crippen LogP) is 4.90. The summed E-state index contributed by atoms with van der Waals surface area (Å²) in [5, 5.41) is 0.436. The highest BCUT2D eigenvalue weighted by molar-refractivity contribution is 8.13. The number of rotatable bonds is 13. The lowest BCUT2D eigenvalue weighted by molar-refractivity contribution is -0.180. The first-order chi connectivity index (χ1) is 16.8. The summed E-state index contributed by atoms with van der Waals surface area (Å²) >= 11 is 7.01. The second-order valence-electron chi connectivity index (χ2n) is 9.84. The molecule has 1 heterocycles. The van der Waals surface area contributed by atoms with Gasteiger partial charge in [0.25, 0.3) is 0 Å². The minimum absolute atomic E-state index is 0.136. The summed E-state index contributed by atoms with van der Waals surface area (Å²) in [4.78, 5) is 52.4. The molecule has 200 valence electrons. The van der Waals surface area contributed by atoms with Gasteiger partial charge in [0, 0.05) is 22.3 Å². The SMILES string of the molecule is CCCCC(=O)OCOC(=O)CN1C(=O)C(C(C)O[Si](C)(C)C)C1C(C)C(=O)Sc1ccc(Cl)cc1. The molecule has 0 aromatic heterocycles. The molecule has 4 unspecified atom stereocenters. The maximum atomic E-state index is 13.1. The second kappa shape index (κ2) is 13.6. The lowest BCUT2D eigenvalue weighted by Crippen LogP contribution is -2.69. The number of esters is 2. The van der Waals surface area contributed by atoms with Crippen LogP contribution in [0.3, 0.4) is 0 Å². The summed E-state index contributed by atoms with van der Waals surface area (Å²) in [5.74, 6) is -2.54. The minimum Gasteiger partial charge on any atom is -0.428 e. The van der Waals surface area contributed by atoms with Gasteiger partial charge in [-0.25, -0.2) is 0 Å². The van der Waals surface area contributed by atoms with Crippen molar-refractivity contribution in [2.45, 2.75) is 76.7 Å². The molecule has 1 aromatic rings. The minimum atomic E-state index is -1.96. The van der Waals surface area contributed by atoms with E-state index >= 15 is 0 Å². The molecule has 0 bridgehead atoms. The van der Waals surface area contributed by atoms with Crippen molar-refractivity contribution in [3.05, 3.63) is 29.3 Å². The van der Waals surface area contributed by atoms with E-state index in [4.69, 9.17) is 25.5 Å². The van der Waals surface area contributed by atoms with Crippen LogP contribution >= 0.6 is 23.4 Å². The summed E-state index contributed by atoms with van der Waals surface area (Å²) in [5.41, 5.74) is 0. The number of β-lactam (4-membered cyclic amide) rings is 1. The van der Waals surface area contributed by atoms with Crippen LogP contribution in [0.15, 0.2) is 29.2 Å². The van der Waals surface area contributed by atoms with Crippen molar-refractivity contribution in [3.8, 4) is 0 Å². The second-order valence-corrected chi connectivity index (χ2v) is 15.8. The smallest absolute Gasteiger partial charge is 0.328 e. The van der Waals surface area contributed by atoms with Crippen LogP contribution in [0.2, 0.25) is 24.7 Å². The zero-order chi connectivity index (χ0) is 27.0. The standard InChI is InChI=1S/C25H36ClNO7SSi/c1-7-8-9-20(28)32-15-33-21(29)14-27-23(22(24(27)30)17(3)34-36(4,5)6)16(2)25(31)35-19-12-10-18(26)11-13-19/h10-13,16-17,22-23H,7-9,14-15H2,1-6H3. The van der Waals surface area contributed by atoms with E-state index in [1.807, 2.05) is 33.5 Å². The third-order valence-electron chi connectivity index (χ3n) is 5.73. The predicted molar refractivity (Wildman–Crippen MR) is 141 cm³/mol. The Bertz CT molecular complexity index is 937. The van der Waals surface area contributed by atoms with E-state index in [0.29, 0.717) is 11.4 Å². The van der Waals surface area contributed by atoms with Gasteiger partial charge in [0.1, 0.15) is 6.54 Å². The molecule has 0 aliphatic carbocycles. The molecule has 1 fully saturated rings. The van der Waals surface area contributed by atoms with Gasteiger partial charge in [-0.2, -0.15) is 0 Å². The Hall–Kier alpha value is -1.88. The van der Waals surface area contributed by atoms with Crippen LogP contribution in [0.4, 0.5) is 0 Å². The molecule has 36 heavy (non-hydrogen) atoms. The molecule has 2 rings (SSSR count). The van der Waals surface area contributed by atoms with E-state index in [9.17, 15) is 19.2 Å². The van der Waals surface area contributed by atoms with E-state index in [1.54, 1.807) is 31.2 Å². The van der Waals surface area contributed by atoms with Crippen molar-refractivity contribution >= 4 is 54.6 Å². The van der Waals surface area contributed by atoms with Crippen molar-refractivity contribution in [2.75, 3.05) is 13.3 Å². The van der Waals surface area contributed by atoms with Crippen LogP contribution in [-0.2, 0) is 33.1 Å². The molecule has 0 radical (unpaired) electrons. The molecule has 4 atom stereocenters. The average Bonchev–Trinajstić information content (AvgIpc) is 2.79. The highest BCUT2D eigenvalue weighted by Gasteiger charge is 2.55. The largest absolute Gasteiger partial charge is 0.428 e. The van der Waals surface area contributed by atoms with Gasteiger partial charge >= 0.3 is 11.9 Å². The summed E-state index contributed by atoms with van der Waals surface area (Å²) < 4.78 is 16.1. The zero-order valence-corrected chi connectivity index (χ0v) is 24.3. The molecule has 0 N–H and O–H groups in total. The quantitative estimate of drug-likeness (QED) is 0.111. The highest BCUT2D eigenvalue weighted by atomic mass is 35.5. The number of carbonyl (C=O) groups excluding carboxylic acids is 4. The number of hydrogen-bond donors (Lipinski definition) is 0. The molecular formula is C25H36ClNO7SSi. The first-order valence-electron chi connectivity index (χ1n) is 12.1. The third kappa shape index (κ3) is 8.90. The van der Waals surface area contributed by atoms with Crippen molar-refractivity contribution in [1.82, 2.24) is 4.90 Å². The summed E-state index contributed by atoms with van der Waals surface area (Å²) in [6.45, 7) is 10.8. The lowest BCUT2D eigenvalue weighted by Gasteiger charge is -2.51. The number of benzene rings is 1. The van der Waals surface area contributed by atoms with Gasteiger partial charge in [-0.05, 0) is 57.3 Å². The van der Waals surface area contributed by atoms with Crippen molar-refractivity contribution in [1.29, 1.82) is 0 Å². The topological polar surface area (TPSA) is 99.2 Å². The number of likely N-dealkylation sites (tertiary alicyclic amines) is 1. The lowest BCUT2D eigenvalue weighted by atomic mass is 9.77. The van der Waals surface area contributed by atoms with Crippen LogP contribution in [0.5, 0.6) is 0 Å². The van der Waals surface area contributed by atoms with Crippen LogP contribution < -0.4 is 0 Å². The molecule has 8 nitrogen and oxygen atoms in total. The van der Waals surface area contributed by atoms with Crippen molar-refractivity contribution < 1.29 is 33.1 Å². The Morgan fingerprint density at radius 2 is 1.69 bits per heavy atom. The fourth-order valence-electron chi connectivity index (χ4n) is 4.06. The van der Waals surface area contributed by atoms with Gasteiger partial charge < -0.3 is 18.8 Å². The molecule has 1 aliphatic heterocycles. The van der Waals surface area contributed by atoms with Crippen LogP contribution in [0.25, 0.3) is 0 Å². The molecule has 1 aliphatic rings. The number of unbranched alkanes of at least 4 members (excludes halogenated alkanes) is 1. The Morgan fingerprint density at radius 1 is 1.08 bits per heavy atom. The highest BCUT2D eigenvalue weighted by Crippen LogP contribution is 2.39. The molecule has 1 amide bonds. The van der Waals surface area contributed by atoms with Gasteiger partial charge in [0.05, 0.1) is 18.1 Å². The van der Waals surface area contributed by atoms with Gasteiger partial charge in [-0.1, -0.05) is 43.6 Å². The van der Waals surface area contributed by atoms with E-state index in [0.717, 1.165) is 23.1 Å². The zero-order valence-electron chi connectivity index (χ0n) is 21.7. The normalized spacial score (nSPS) is 19.3. The van der Waals surface area contributed by atoms with Crippen molar-refractivity contribution in [2.24, 2.45) is 11.8 Å². The monoisotopic (exact) mass is 557 g/mol. The molecule has 0 saturated carbocycles. The van der Waals surface area contributed by atoms with E-state index < -0.39 is 51.0 Å².